The zero-order valence-corrected chi connectivity index (χ0v) is 9.47. The van der Waals surface area contributed by atoms with E-state index in [9.17, 15) is 14.9 Å². The summed E-state index contributed by atoms with van der Waals surface area (Å²) in [4.78, 5) is 20.6. The Morgan fingerprint density at radius 2 is 2.35 bits per heavy atom. The van der Waals surface area contributed by atoms with Crippen LogP contribution in [0.3, 0.4) is 0 Å². The Morgan fingerprint density at radius 3 is 2.94 bits per heavy atom. The molecule has 1 N–H and O–H groups in total. The summed E-state index contributed by atoms with van der Waals surface area (Å²) >= 11 is 5.62. The van der Waals surface area contributed by atoms with Gasteiger partial charge < -0.3 is 4.74 Å². The van der Waals surface area contributed by atoms with E-state index in [1.54, 1.807) is 0 Å². The number of nitrogens with zero attached hydrogens (tertiary/aromatic N) is 2. The lowest BCUT2D eigenvalue weighted by atomic mass is 10.2. The van der Waals surface area contributed by atoms with Crippen molar-refractivity contribution < 1.29 is 14.5 Å². The molecule has 0 aromatic heterocycles. The molecule has 0 unspecified atom stereocenters. The van der Waals surface area contributed by atoms with Gasteiger partial charge in [-0.05, 0) is 6.07 Å². The number of nitro benzene ring substituents is 1. The maximum Gasteiger partial charge on any atom is 0.427 e. The Bertz CT molecular complexity index is 475. The monoisotopic (exact) mass is 257 g/mol. The second-order valence-electron chi connectivity index (χ2n) is 2.83. The van der Waals surface area contributed by atoms with Crippen molar-refractivity contribution in [3.63, 3.8) is 0 Å². The Morgan fingerprint density at radius 1 is 1.65 bits per heavy atom. The van der Waals surface area contributed by atoms with Crippen LogP contribution in [-0.2, 0) is 4.74 Å². The van der Waals surface area contributed by atoms with Gasteiger partial charge in [0.15, 0.2) is 0 Å². The minimum atomic E-state index is -0.732. The molecule has 0 radical (unpaired) electrons. The first-order chi connectivity index (χ1) is 8.04. The van der Waals surface area contributed by atoms with Gasteiger partial charge in [-0.25, -0.2) is 10.2 Å². The molecule has 0 aliphatic heterocycles. The van der Waals surface area contributed by atoms with Crippen LogP contribution < -0.4 is 5.43 Å². The molecule has 0 saturated carbocycles. The average molecular weight is 258 g/mol. The molecule has 8 heteroatoms. The van der Waals surface area contributed by atoms with Gasteiger partial charge in [0.05, 0.1) is 18.2 Å². The molecule has 7 nitrogen and oxygen atoms in total. The molecule has 90 valence electrons. The molecule has 0 aliphatic carbocycles. The van der Waals surface area contributed by atoms with E-state index in [0.29, 0.717) is 5.56 Å². The van der Waals surface area contributed by atoms with Crippen molar-refractivity contribution >= 4 is 29.6 Å². The summed E-state index contributed by atoms with van der Waals surface area (Å²) in [5.74, 6) is 0. The predicted molar refractivity (Wildman–Crippen MR) is 61.2 cm³/mol. The minimum absolute atomic E-state index is 0.0353. The van der Waals surface area contributed by atoms with Crippen LogP contribution in [0.25, 0.3) is 0 Å². The highest BCUT2D eigenvalue weighted by Crippen LogP contribution is 2.24. The van der Waals surface area contributed by atoms with E-state index in [1.165, 1.54) is 31.5 Å². The van der Waals surface area contributed by atoms with Gasteiger partial charge >= 0.3 is 6.09 Å². The van der Waals surface area contributed by atoms with E-state index in [0.717, 1.165) is 0 Å². The van der Waals surface area contributed by atoms with Crippen molar-refractivity contribution in [2.45, 2.75) is 0 Å². The van der Waals surface area contributed by atoms with Gasteiger partial charge in [-0.15, -0.1) is 0 Å². The third-order valence-electron chi connectivity index (χ3n) is 1.72. The standard InChI is InChI=1S/C9H8ClN3O4/c1-17-9(14)12-11-5-6-2-3-7(10)8(4-6)13(15)16/h2-5H,1H3,(H,12,14)/b11-5+. The van der Waals surface area contributed by atoms with Gasteiger partial charge in [0.2, 0.25) is 0 Å². The van der Waals surface area contributed by atoms with Crippen molar-refractivity contribution in [3.05, 3.63) is 38.9 Å². The summed E-state index contributed by atoms with van der Waals surface area (Å²) in [6.07, 6.45) is 0.505. The zero-order valence-electron chi connectivity index (χ0n) is 8.71. The number of carbonyl (C=O) groups is 1. The summed E-state index contributed by atoms with van der Waals surface area (Å²) < 4.78 is 4.28. The molecule has 0 heterocycles. The lowest BCUT2D eigenvalue weighted by molar-refractivity contribution is -0.384. The molecule has 0 bridgehead atoms. The maximum atomic E-state index is 10.7. The summed E-state index contributed by atoms with van der Waals surface area (Å²) in [5, 5.41) is 14.2. The van der Waals surface area contributed by atoms with Gasteiger partial charge in [-0.2, -0.15) is 5.10 Å². The molecule has 17 heavy (non-hydrogen) atoms. The summed E-state index contributed by atoms with van der Waals surface area (Å²) in [7, 11) is 1.19. The molecule has 1 amide bonds. The topological polar surface area (TPSA) is 93.8 Å². The second kappa shape index (κ2) is 5.80. The number of amides is 1. The Labute approximate surface area is 101 Å². The number of ether oxygens (including phenoxy) is 1. The number of hydrogen-bond donors (Lipinski definition) is 1. The average Bonchev–Trinajstić information content (AvgIpc) is 2.30. The molecule has 1 aromatic rings. The van der Waals surface area contributed by atoms with Gasteiger partial charge in [-0.1, -0.05) is 17.7 Å². The Balaban J connectivity index is 2.82. The summed E-state index contributed by atoms with van der Waals surface area (Å²) in [6, 6.07) is 4.14. The van der Waals surface area contributed by atoms with Gasteiger partial charge in [0.1, 0.15) is 5.02 Å². The van der Waals surface area contributed by atoms with E-state index in [-0.39, 0.29) is 10.7 Å². The fraction of sp³-hybridized carbons (Fsp3) is 0.111. The first-order valence-electron chi connectivity index (χ1n) is 4.35. The van der Waals surface area contributed by atoms with E-state index >= 15 is 0 Å². The number of hydrogen-bond acceptors (Lipinski definition) is 5. The highest BCUT2D eigenvalue weighted by atomic mass is 35.5. The summed E-state index contributed by atoms with van der Waals surface area (Å²) in [6.45, 7) is 0. The number of hydrazone groups is 1. The Hall–Kier alpha value is -2.15. The fourth-order valence-corrected chi connectivity index (χ4v) is 1.14. The molecule has 0 atom stereocenters. The van der Waals surface area contributed by atoms with Crippen LogP contribution >= 0.6 is 11.6 Å². The molecular formula is C9H8ClN3O4. The smallest absolute Gasteiger partial charge is 0.427 e. The van der Waals surface area contributed by atoms with Gasteiger partial charge in [-0.3, -0.25) is 10.1 Å². The van der Waals surface area contributed by atoms with E-state index in [1.807, 2.05) is 5.43 Å². The lowest BCUT2D eigenvalue weighted by Crippen LogP contribution is -2.16. The second-order valence-corrected chi connectivity index (χ2v) is 3.24. The highest BCUT2D eigenvalue weighted by Gasteiger charge is 2.11. The number of carbonyl (C=O) groups excluding carboxylic acids is 1. The number of nitrogens with one attached hydrogen (secondary N) is 1. The lowest BCUT2D eigenvalue weighted by Gasteiger charge is -1.97. The van der Waals surface area contributed by atoms with Gasteiger partial charge in [0.25, 0.3) is 5.69 Å². The van der Waals surface area contributed by atoms with E-state index in [4.69, 9.17) is 11.6 Å². The third kappa shape index (κ3) is 3.72. The van der Waals surface area contributed by atoms with Crippen LogP contribution in [-0.4, -0.2) is 24.3 Å². The molecule has 1 aromatic carbocycles. The minimum Gasteiger partial charge on any atom is -0.452 e. The van der Waals surface area contributed by atoms with Crippen LogP contribution in [0.5, 0.6) is 0 Å². The third-order valence-corrected chi connectivity index (χ3v) is 2.04. The van der Waals surface area contributed by atoms with Crippen LogP contribution in [0.4, 0.5) is 10.5 Å². The normalized spacial score (nSPS) is 10.2. The van der Waals surface area contributed by atoms with Crippen molar-refractivity contribution in [2.24, 2.45) is 5.10 Å². The molecule has 0 aliphatic rings. The zero-order chi connectivity index (χ0) is 12.8. The quantitative estimate of drug-likeness (QED) is 0.509. The first-order valence-corrected chi connectivity index (χ1v) is 4.73. The highest BCUT2D eigenvalue weighted by molar-refractivity contribution is 6.32. The van der Waals surface area contributed by atoms with Crippen molar-refractivity contribution in [1.82, 2.24) is 5.43 Å². The maximum absolute atomic E-state index is 10.7. The van der Waals surface area contributed by atoms with E-state index < -0.39 is 11.0 Å². The number of methoxy groups -OCH3 is 1. The van der Waals surface area contributed by atoms with Crippen LogP contribution in [0.15, 0.2) is 23.3 Å². The van der Waals surface area contributed by atoms with Crippen LogP contribution in [0.2, 0.25) is 5.02 Å². The largest absolute Gasteiger partial charge is 0.452 e. The van der Waals surface area contributed by atoms with Crippen LogP contribution in [0.1, 0.15) is 5.56 Å². The molecule has 0 fully saturated rings. The van der Waals surface area contributed by atoms with Crippen molar-refractivity contribution in [2.75, 3.05) is 7.11 Å². The molecule has 1 rings (SSSR count). The molecule has 0 spiro atoms. The van der Waals surface area contributed by atoms with Crippen LogP contribution in [0, 0.1) is 10.1 Å². The van der Waals surface area contributed by atoms with Crippen molar-refractivity contribution in [3.8, 4) is 0 Å². The van der Waals surface area contributed by atoms with Crippen molar-refractivity contribution in [1.29, 1.82) is 0 Å². The SMILES string of the molecule is COC(=O)N/N=C/c1ccc(Cl)c([N+](=O)[O-])c1. The number of halogens is 1. The predicted octanol–water partition coefficient (Wildman–Crippen LogP) is 1.94. The number of rotatable bonds is 3. The number of nitro groups is 1. The van der Waals surface area contributed by atoms with E-state index in [2.05, 4.69) is 9.84 Å². The summed E-state index contributed by atoms with van der Waals surface area (Å²) in [5.41, 5.74) is 2.25. The van der Waals surface area contributed by atoms with Gasteiger partial charge in [0, 0.05) is 11.6 Å². The fourth-order valence-electron chi connectivity index (χ4n) is 0.955. The first kappa shape index (κ1) is 12.9. The molecule has 0 saturated heterocycles. The Kier molecular flexibility index (Phi) is 4.41. The number of benzene rings is 1. The molecular weight excluding hydrogens is 250 g/mol.